The predicted molar refractivity (Wildman–Crippen MR) is 76.1 cm³/mol. The monoisotopic (exact) mass is 261 g/mol. The molecule has 0 aromatic carbocycles. The maximum Gasteiger partial charge on any atom is 0.150 e. The molecule has 4 heteroatoms. The van der Waals surface area contributed by atoms with Crippen molar-refractivity contribution in [3.8, 4) is 22.5 Å². The van der Waals surface area contributed by atoms with E-state index in [2.05, 4.69) is 15.0 Å². The molecule has 0 radical (unpaired) electrons. The van der Waals surface area contributed by atoms with Gasteiger partial charge in [-0.25, -0.2) is 4.98 Å². The van der Waals surface area contributed by atoms with Crippen molar-refractivity contribution in [3.05, 3.63) is 66.7 Å². The van der Waals surface area contributed by atoms with E-state index in [-0.39, 0.29) is 0 Å². The van der Waals surface area contributed by atoms with Crippen molar-refractivity contribution in [1.82, 2.24) is 15.0 Å². The molecule has 0 saturated carbocycles. The van der Waals surface area contributed by atoms with Crippen LogP contribution in [0.1, 0.15) is 10.4 Å². The number of aromatic nitrogens is 3. The van der Waals surface area contributed by atoms with E-state index in [4.69, 9.17) is 0 Å². The predicted octanol–water partition coefficient (Wildman–Crippen LogP) is 3.02. The van der Waals surface area contributed by atoms with E-state index < -0.39 is 0 Å². The highest BCUT2D eigenvalue weighted by molar-refractivity contribution is 5.81. The van der Waals surface area contributed by atoms with E-state index in [0.717, 1.165) is 28.8 Å². The van der Waals surface area contributed by atoms with Gasteiger partial charge in [0.05, 0.1) is 11.4 Å². The van der Waals surface area contributed by atoms with Crippen LogP contribution in [-0.2, 0) is 0 Å². The van der Waals surface area contributed by atoms with Gasteiger partial charge in [-0.3, -0.25) is 14.8 Å². The van der Waals surface area contributed by atoms with Gasteiger partial charge < -0.3 is 0 Å². The number of rotatable bonds is 3. The Morgan fingerprint density at radius 2 is 1.20 bits per heavy atom. The summed E-state index contributed by atoms with van der Waals surface area (Å²) >= 11 is 0. The molecule has 0 bridgehead atoms. The molecule has 3 heterocycles. The van der Waals surface area contributed by atoms with Crippen LogP contribution in [0.15, 0.2) is 61.2 Å². The molecule has 0 spiro atoms. The first kappa shape index (κ1) is 12.2. The third-order valence-electron chi connectivity index (χ3n) is 2.94. The zero-order chi connectivity index (χ0) is 13.8. The Balaban J connectivity index is 2.15. The molecule has 0 amide bonds. The Kier molecular flexibility index (Phi) is 3.29. The second-order valence-electron chi connectivity index (χ2n) is 4.26. The van der Waals surface area contributed by atoms with Gasteiger partial charge in [0.2, 0.25) is 0 Å². The average molecular weight is 261 g/mol. The summed E-state index contributed by atoms with van der Waals surface area (Å²) in [5.74, 6) is 0. The topological polar surface area (TPSA) is 55.7 Å². The van der Waals surface area contributed by atoms with E-state index in [1.807, 2.05) is 24.3 Å². The largest absolute Gasteiger partial charge is 0.298 e. The van der Waals surface area contributed by atoms with E-state index in [9.17, 15) is 4.79 Å². The molecule has 96 valence electrons. The highest BCUT2D eigenvalue weighted by Gasteiger charge is 2.06. The normalized spacial score (nSPS) is 10.2. The van der Waals surface area contributed by atoms with Crippen LogP contribution in [0.25, 0.3) is 22.5 Å². The highest BCUT2D eigenvalue weighted by atomic mass is 16.1. The minimum Gasteiger partial charge on any atom is -0.298 e. The summed E-state index contributed by atoms with van der Waals surface area (Å²) in [6, 6.07) is 11.0. The van der Waals surface area contributed by atoms with Crippen LogP contribution in [0.5, 0.6) is 0 Å². The van der Waals surface area contributed by atoms with Gasteiger partial charge >= 0.3 is 0 Å². The zero-order valence-corrected chi connectivity index (χ0v) is 10.6. The molecule has 0 aliphatic heterocycles. The smallest absolute Gasteiger partial charge is 0.150 e. The quantitative estimate of drug-likeness (QED) is 0.680. The lowest BCUT2D eigenvalue weighted by atomic mass is 10.1. The van der Waals surface area contributed by atoms with Gasteiger partial charge in [-0.15, -0.1) is 0 Å². The van der Waals surface area contributed by atoms with Crippen LogP contribution in [0, 0.1) is 0 Å². The van der Waals surface area contributed by atoms with Gasteiger partial charge in [0.15, 0.2) is 0 Å². The van der Waals surface area contributed by atoms with Crippen LogP contribution in [0.4, 0.5) is 0 Å². The van der Waals surface area contributed by atoms with E-state index in [1.54, 1.807) is 36.9 Å². The van der Waals surface area contributed by atoms with Crippen molar-refractivity contribution in [2.24, 2.45) is 0 Å². The summed E-state index contributed by atoms with van der Waals surface area (Å²) in [4.78, 5) is 23.7. The lowest BCUT2D eigenvalue weighted by molar-refractivity contribution is 0.112. The maximum absolute atomic E-state index is 11.1. The molecule has 0 aliphatic rings. The first-order valence-corrected chi connectivity index (χ1v) is 6.15. The Bertz CT molecular complexity index is 669. The van der Waals surface area contributed by atoms with E-state index >= 15 is 0 Å². The first-order chi connectivity index (χ1) is 9.86. The third kappa shape index (κ3) is 2.44. The molecule has 0 saturated heterocycles. The Morgan fingerprint density at radius 3 is 1.60 bits per heavy atom. The van der Waals surface area contributed by atoms with Crippen LogP contribution in [-0.4, -0.2) is 21.2 Å². The van der Waals surface area contributed by atoms with Gasteiger partial charge in [0, 0.05) is 41.5 Å². The molecular formula is C16H11N3O. The standard InChI is InChI=1S/C16H11N3O/c20-11-12-9-15(13-1-5-17-6-2-13)19-16(10-12)14-3-7-18-8-4-14/h1-11H. The lowest BCUT2D eigenvalue weighted by Gasteiger charge is -2.06. The van der Waals surface area contributed by atoms with Gasteiger partial charge in [-0.2, -0.15) is 0 Å². The van der Waals surface area contributed by atoms with Gasteiger partial charge in [-0.1, -0.05) is 0 Å². The Morgan fingerprint density at radius 1 is 0.750 bits per heavy atom. The fourth-order valence-electron chi connectivity index (χ4n) is 1.96. The minimum atomic E-state index is 0.596. The summed E-state index contributed by atoms with van der Waals surface area (Å²) in [6.45, 7) is 0. The summed E-state index contributed by atoms with van der Waals surface area (Å²) in [6.07, 6.45) is 7.65. The Hall–Kier alpha value is -2.88. The molecule has 4 nitrogen and oxygen atoms in total. The maximum atomic E-state index is 11.1. The van der Waals surface area contributed by atoms with Crippen LogP contribution < -0.4 is 0 Å². The number of hydrogen-bond acceptors (Lipinski definition) is 4. The number of hydrogen-bond donors (Lipinski definition) is 0. The number of carbonyl (C=O) groups excluding carboxylic acids is 1. The van der Waals surface area contributed by atoms with Crippen molar-refractivity contribution >= 4 is 6.29 Å². The highest BCUT2D eigenvalue weighted by Crippen LogP contribution is 2.23. The molecule has 0 fully saturated rings. The summed E-state index contributed by atoms with van der Waals surface area (Å²) in [5, 5.41) is 0. The molecule has 0 N–H and O–H groups in total. The molecule has 20 heavy (non-hydrogen) atoms. The first-order valence-electron chi connectivity index (χ1n) is 6.15. The van der Waals surface area contributed by atoms with Crippen molar-refractivity contribution in [2.75, 3.05) is 0 Å². The molecular weight excluding hydrogens is 250 g/mol. The molecule has 3 aromatic heterocycles. The van der Waals surface area contributed by atoms with Gasteiger partial charge in [-0.05, 0) is 36.4 Å². The second kappa shape index (κ2) is 5.40. The van der Waals surface area contributed by atoms with Crippen molar-refractivity contribution in [2.45, 2.75) is 0 Å². The number of pyridine rings is 3. The summed E-state index contributed by atoms with van der Waals surface area (Å²) in [7, 11) is 0. The van der Waals surface area contributed by atoms with E-state index in [0.29, 0.717) is 5.56 Å². The van der Waals surface area contributed by atoms with Crippen molar-refractivity contribution < 1.29 is 4.79 Å². The number of aldehydes is 1. The van der Waals surface area contributed by atoms with Gasteiger partial charge in [0.25, 0.3) is 0 Å². The SMILES string of the molecule is O=Cc1cc(-c2ccncc2)nc(-c2ccncc2)c1. The zero-order valence-electron chi connectivity index (χ0n) is 10.6. The van der Waals surface area contributed by atoms with E-state index in [1.165, 1.54) is 0 Å². The molecule has 0 unspecified atom stereocenters. The Labute approximate surface area is 116 Å². The second-order valence-corrected chi connectivity index (χ2v) is 4.26. The number of nitrogens with zero attached hydrogens (tertiary/aromatic N) is 3. The summed E-state index contributed by atoms with van der Waals surface area (Å²) < 4.78 is 0. The van der Waals surface area contributed by atoms with Gasteiger partial charge in [0.1, 0.15) is 6.29 Å². The van der Waals surface area contributed by atoms with Crippen molar-refractivity contribution in [3.63, 3.8) is 0 Å². The molecule has 0 atom stereocenters. The third-order valence-corrected chi connectivity index (χ3v) is 2.94. The fraction of sp³-hybridized carbons (Fsp3) is 0. The minimum absolute atomic E-state index is 0.596. The average Bonchev–Trinajstić information content (AvgIpc) is 2.56. The van der Waals surface area contributed by atoms with Crippen LogP contribution in [0.2, 0.25) is 0 Å². The molecule has 3 rings (SSSR count). The molecule has 0 aliphatic carbocycles. The van der Waals surface area contributed by atoms with Crippen LogP contribution in [0.3, 0.4) is 0 Å². The lowest BCUT2D eigenvalue weighted by Crippen LogP contribution is -1.92. The number of carbonyl (C=O) groups is 1. The fourth-order valence-corrected chi connectivity index (χ4v) is 1.96. The summed E-state index contributed by atoms with van der Waals surface area (Å²) in [5.41, 5.74) is 3.96. The molecule has 3 aromatic rings. The van der Waals surface area contributed by atoms with Crippen molar-refractivity contribution in [1.29, 1.82) is 0 Å². The van der Waals surface area contributed by atoms with Crippen LogP contribution >= 0.6 is 0 Å².